The molecule has 0 aromatic carbocycles. The molecule has 1 nitrogen and oxygen atoms in total. The Labute approximate surface area is 139 Å². The fraction of sp³-hybridized carbons (Fsp3) is 0.267. The first-order valence-electron chi connectivity index (χ1n) is 5.49. The van der Waals surface area contributed by atoms with Crippen LogP contribution in [0, 0.1) is 27.0 Å². The molecule has 1 aromatic rings. The van der Waals surface area contributed by atoms with Gasteiger partial charge in [0.2, 0.25) is 0 Å². The third-order valence-corrected chi connectivity index (χ3v) is 1.67. The summed E-state index contributed by atoms with van der Waals surface area (Å²) in [5, 5.41) is 0. The fourth-order valence-electron chi connectivity index (χ4n) is 1.13. The average molecular weight is 419 g/mol. The summed E-state index contributed by atoms with van der Waals surface area (Å²) in [6.07, 6.45) is 13.4. The van der Waals surface area contributed by atoms with Crippen LogP contribution < -0.4 is 0 Å². The summed E-state index contributed by atoms with van der Waals surface area (Å²) >= 11 is 0. The molecule has 0 aliphatic heterocycles. The Balaban J connectivity index is -0.000000109. The summed E-state index contributed by atoms with van der Waals surface area (Å²) in [4.78, 5) is 2.91. The molecular formula is C15H23NRu2. The van der Waals surface area contributed by atoms with Gasteiger partial charge in [0, 0.05) is 19.5 Å². The quantitative estimate of drug-likeness (QED) is 0.508. The van der Waals surface area contributed by atoms with Gasteiger partial charge >= 0.3 is 19.5 Å². The van der Waals surface area contributed by atoms with E-state index in [1.165, 1.54) is 5.56 Å². The average Bonchev–Trinajstić information content (AvgIpc) is 3.09. The van der Waals surface area contributed by atoms with E-state index in [1.807, 2.05) is 12.3 Å². The predicted octanol–water partition coefficient (Wildman–Crippen LogP) is 4.54. The first-order chi connectivity index (χ1) is 7.97. The molecule has 0 amide bonds. The van der Waals surface area contributed by atoms with Gasteiger partial charge in [-0.05, 0) is 5.92 Å². The van der Waals surface area contributed by atoms with Crippen LogP contribution in [0.4, 0.5) is 0 Å². The van der Waals surface area contributed by atoms with Gasteiger partial charge in [-0.25, -0.2) is 0 Å². The van der Waals surface area contributed by atoms with Crippen LogP contribution in [0.15, 0.2) is 36.6 Å². The molecule has 0 fully saturated rings. The van der Waals surface area contributed by atoms with Crippen LogP contribution in [0.25, 0.3) is 0 Å². The van der Waals surface area contributed by atoms with Gasteiger partial charge in [-0.3, -0.25) is 0 Å². The van der Waals surface area contributed by atoms with Gasteiger partial charge in [-0.2, -0.15) is 33.0 Å². The van der Waals surface area contributed by atoms with Gasteiger partial charge in [0.05, 0.1) is 0 Å². The summed E-state index contributed by atoms with van der Waals surface area (Å²) in [6, 6.07) is 2.05. The van der Waals surface area contributed by atoms with Gasteiger partial charge < -0.3 is 25.8 Å². The van der Waals surface area contributed by atoms with E-state index in [9.17, 15) is 0 Å². The Morgan fingerprint density at radius 1 is 1.00 bits per heavy atom. The van der Waals surface area contributed by atoms with E-state index in [2.05, 4.69) is 56.3 Å². The second-order valence-electron chi connectivity index (χ2n) is 2.35. The predicted molar refractivity (Wildman–Crippen MR) is 73.7 cm³/mol. The third kappa shape index (κ3) is 11.1. The largest absolute Gasteiger partial charge is 4.00 e. The van der Waals surface area contributed by atoms with Gasteiger partial charge in [0.25, 0.3) is 0 Å². The molecule has 0 saturated heterocycles. The number of rotatable bonds is 1. The van der Waals surface area contributed by atoms with Gasteiger partial charge in [-0.1, -0.05) is 24.3 Å². The Kier molecular flexibility index (Phi) is 32.8. The molecule has 1 N–H and O–H groups in total. The van der Waals surface area contributed by atoms with E-state index in [1.54, 1.807) is 20.8 Å². The summed E-state index contributed by atoms with van der Waals surface area (Å²) in [7, 11) is 0. The molecule has 0 radical (unpaired) electrons. The number of H-pyrrole nitrogens is 1. The molecule has 18 heavy (non-hydrogen) atoms. The van der Waals surface area contributed by atoms with Gasteiger partial charge in [-0.15, -0.1) is 11.8 Å². The van der Waals surface area contributed by atoms with Crippen LogP contribution in [0.3, 0.4) is 0 Å². The summed E-state index contributed by atoms with van der Waals surface area (Å²) < 4.78 is 0. The molecule has 1 aliphatic carbocycles. The van der Waals surface area contributed by atoms with Crippen molar-refractivity contribution < 1.29 is 39.0 Å². The van der Waals surface area contributed by atoms with Crippen LogP contribution >= 0.6 is 0 Å². The van der Waals surface area contributed by atoms with Crippen molar-refractivity contribution in [3.8, 4) is 0 Å². The number of nitrogens with one attached hydrogen (secondary N) is 1. The Morgan fingerprint density at radius 3 is 1.78 bits per heavy atom. The number of hydrogen-bond acceptors (Lipinski definition) is 0. The second-order valence-corrected chi connectivity index (χ2v) is 2.35. The maximum absolute atomic E-state index is 3.25. The molecule has 0 atom stereocenters. The van der Waals surface area contributed by atoms with E-state index in [0.29, 0.717) is 5.92 Å². The van der Waals surface area contributed by atoms with E-state index >= 15 is 0 Å². The third-order valence-electron chi connectivity index (χ3n) is 1.67. The Hall–Kier alpha value is 0.00675. The zero-order valence-electron chi connectivity index (χ0n) is 11.4. The summed E-state index contributed by atoms with van der Waals surface area (Å²) in [6.45, 7) is 15.0. The molecule has 3 heteroatoms. The van der Waals surface area contributed by atoms with Crippen molar-refractivity contribution >= 4 is 0 Å². The Bertz CT molecular complexity index is 252. The van der Waals surface area contributed by atoms with Crippen molar-refractivity contribution in [1.82, 2.24) is 4.98 Å². The van der Waals surface area contributed by atoms with E-state index in [-0.39, 0.29) is 39.0 Å². The maximum Gasteiger partial charge on any atom is 4.00 e. The minimum absolute atomic E-state index is 0. The first-order valence-corrected chi connectivity index (χ1v) is 5.49. The number of aromatic amines is 1. The van der Waals surface area contributed by atoms with Crippen molar-refractivity contribution in [3.05, 3.63) is 69.1 Å². The van der Waals surface area contributed by atoms with Crippen molar-refractivity contribution in [3.63, 3.8) is 0 Å². The Morgan fingerprint density at radius 2 is 1.44 bits per heavy atom. The van der Waals surface area contributed by atoms with Gasteiger partial charge in [0.1, 0.15) is 0 Å². The molecule has 0 bridgehead atoms. The summed E-state index contributed by atoms with van der Waals surface area (Å²) in [5.74, 6) is 0.450. The van der Waals surface area contributed by atoms with Crippen molar-refractivity contribution in [2.24, 2.45) is 0 Å². The first kappa shape index (κ1) is 26.5. The molecule has 1 aromatic heterocycles. The van der Waals surface area contributed by atoms with Crippen molar-refractivity contribution in [2.45, 2.75) is 26.7 Å². The molecule has 0 saturated carbocycles. The molecular weight excluding hydrogens is 396 g/mol. The molecule has 0 spiro atoms. The van der Waals surface area contributed by atoms with E-state index in [4.69, 9.17) is 0 Å². The second kappa shape index (κ2) is 22.2. The normalized spacial score (nSPS) is 10.3. The number of allylic oxidation sites excluding steroid dienone is 4. The SMILES string of the molecule is [CH2-]C.[CH2-]C.[CH2-]C.[Ru+4].[Ru].[c-]1[nH]ccc1C1C=CC=C1. The molecule has 2 rings (SSSR count). The molecule has 0 unspecified atom stereocenters. The fourth-order valence-corrected chi connectivity index (χ4v) is 1.13. The number of hydrogen-bond donors (Lipinski definition) is 1. The van der Waals surface area contributed by atoms with Crippen molar-refractivity contribution in [1.29, 1.82) is 0 Å². The van der Waals surface area contributed by atoms with E-state index < -0.39 is 0 Å². The van der Waals surface area contributed by atoms with Crippen LogP contribution in [0.1, 0.15) is 32.3 Å². The van der Waals surface area contributed by atoms with Gasteiger partial charge in [0.15, 0.2) is 0 Å². The molecule has 1 aliphatic rings. The smallest absolute Gasteiger partial charge is 0.484 e. The minimum Gasteiger partial charge on any atom is -0.484 e. The minimum atomic E-state index is 0. The number of aromatic nitrogens is 1. The molecule has 104 valence electrons. The van der Waals surface area contributed by atoms with Crippen LogP contribution in [-0.2, 0) is 39.0 Å². The topological polar surface area (TPSA) is 15.8 Å². The van der Waals surface area contributed by atoms with Crippen molar-refractivity contribution in [2.75, 3.05) is 0 Å². The standard InChI is InChI=1S/C9H8N.3C2H5.2Ru/c1-2-4-8(3-1)9-5-6-10-7-9;3*1-2;;/h1-6,8,10H;3*1H2,2H3;;/q4*-1;;+4. The summed E-state index contributed by atoms with van der Waals surface area (Å²) in [5.41, 5.74) is 1.21. The maximum atomic E-state index is 3.25. The zero-order chi connectivity index (χ0) is 12.8. The van der Waals surface area contributed by atoms with Crippen LogP contribution in [0.5, 0.6) is 0 Å². The molecule has 1 heterocycles. The van der Waals surface area contributed by atoms with Crippen LogP contribution in [-0.4, -0.2) is 4.98 Å². The monoisotopic (exact) mass is 421 g/mol. The zero-order valence-corrected chi connectivity index (χ0v) is 14.8. The van der Waals surface area contributed by atoms with E-state index in [0.717, 1.165) is 0 Å². The van der Waals surface area contributed by atoms with Crippen LogP contribution in [0.2, 0.25) is 0 Å².